The van der Waals surface area contributed by atoms with Gasteiger partial charge in [-0.1, -0.05) is 42.5 Å². The largest absolute Gasteiger partial charge is 0.396 e. The molecule has 1 fully saturated rings. The summed E-state index contributed by atoms with van der Waals surface area (Å²) in [4.78, 5) is 17.0. The molecule has 1 aliphatic rings. The lowest BCUT2D eigenvalue weighted by Gasteiger charge is -2.31. The molecule has 134 valence electrons. The lowest BCUT2D eigenvalue weighted by Crippen LogP contribution is -2.46. The van der Waals surface area contributed by atoms with Gasteiger partial charge in [0.15, 0.2) is 0 Å². The second-order valence-corrected chi connectivity index (χ2v) is 6.89. The average Bonchev–Trinajstić information content (AvgIpc) is 3.18. The Morgan fingerprint density at radius 1 is 1.16 bits per heavy atom. The molecule has 4 nitrogen and oxygen atoms in total. The molecule has 1 saturated heterocycles. The molecule has 0 spiro atoms. The van der Waals surface area contributed by atoms with Gasteiger partial charge >= 0.3 is 0 Å². The third kappa shape index (κ3) is 4.20. The van der Waals surface area contributed by atoms with Crippen LogP contribution >= 0.6 is 0 Å². The molecule has 1 unspecified atom stereocenters. The molecule has 25 heavy (non-hydrogen) atoms. The van der Waals surface area contributed by atoms with Crippen molar-refractivity contribution in [3.8, 4) is 0 Å². The maximum absolute atomic E-state index is 12.8. The second-order valence-electron chi connectivity index (χ2n) is 6.89. The van der Waals surface area contributed by atoms with E-state index in [2.05, 4.69) is 47.4 Å². The van der Waals surface area contributed by atoms with Crippen molar-refractivity contribution in [1.29, 1.82) is 0 Å². The number of amides is 1. The molecule has 1 aliphatic heterocycles. The molecule has 0 bridgehead atoms. The minimum Gasteiger partial charge on any atom is -0.396 e. The number of hydrogen-bond acceptors (Lipinski definition) is 3. The Labute approximate surface area is 150 Å². The van der Waals surface area contributed by atoms with Crippen molar-refractivity contribution in [3.05, 3.63) is 48.0 Å². The van der Waals surface area contributed by atoms with Crippen LogP contribution in [0.25, 0.3) is 10.8 Å². The Bertz CT molecular complexity index is 705. The second kappa shape index (κ2) is 8.45. The normalized spacial score (nSPS) is 15.9. The van der Waals surface area contributed by atoms with E-state index in [-0.39, 0.29) is 18.6 Å². The van der Waals surface area contributed by atoms with Crippen LogP contribution in [0.3, 0.4) is 0 Å². The van der Waals surface area contributed by atoms with Crippen molar-refractivity contribution in [2.45, 2.75) is 38.8 Å². The van der Waals surface area contributed by atoms with Crippen LogP contribution < -0.4 is 0 Å². The molecular formula is C21H28N2O2. The maximum Gasteiger partial charge on any atom is 0.239 e. The van der Waals surface area contributed by atoms with Crippen molar-refractivity contribution in [2.75, 3.05) is 26.2 Å². The zero-order valence-corrected chi connectivity index (χ0v) is 15.0. The topological polar surface area (TPSA) is 43.8 Å². The molecular weight excluding hydrogens is 312 g/mol. The minimum absolute atomic E-state index is 0.149. The van der Waals surface area contributed by atoms with Crippen LogP contribution in [0.5, 0.6) is 0 Å². The van der Waals surface area contributed by atoms with Crippen molar-refractivity contribution in [3.63, 3.8) is 0 Å². The number of aliphatic hydroxyl groups is 1. The fraction of sp³-hybridized carbons (Fsp3) is 0.476. The first-order valence-corrected chi connectivity index (χ1v) is 9.31. The summed E-state index contributed by atoms with van der Waals surface area (Å²) in [5.41, 5.74) is 1.23. The van der Waals surface area contributed by atoms with Gasteiger partial charge in [-0.2, -0.15) is 0 Å². The molecule has 0 saturated carbocycles. The summed E-state index contributed by atoms with van der Waals surface area (Å²) in [7, 11) is 0. The van der Waals surface area contributed by atoms with Crippen LogP contribution in [0.4, 0.5) is 0 Å². The van der Waals surface area contributed by atoms with Crippen LogP contribution in [-0.4, -0.2) is 53.1 Å². The molecule has 0 radical (unpaired) electrons. The van der Waals surface area contributed by atoms with E-state index in [0.717, 1.165) is 39.0 Å². The highest BCUT2D eigenvalue weighted by Gasteiger charge is 2.27. The smallest absolute Gasteiger partial charge is 0.239 e. The van der Waals surface area contributed by atoms with Crippen LogP contribution in [0.2, 0.25) is 0 Å². The fourth-order valence-corrected chi connectivity index (χ4v) is 3.69. The van der Waals surface area contributed by atoms with E-state index in [1.165, 1.54) is 16.3 Å². The number of likely N-dealkylation sites (tertiary alicyclic amines) is 1. The van der Waals surface area contributed by atoms with Gasteiger partial charge in [0.1, 0.15) is 0 Å². The van der Waals surface area contributed by atoms with E-state index >= 15 is 0 Å². The number of nitrogens with zero attached hydrogens (tertiary/aromatic N) is 2. The third-order valence-corrected chi connectivity index (χ3v) is 5.18. The lowest BCUT2D eigenvalue weighted by molar-refractivity contribution is -0.135. The minimum atomic E-state index is -0.163. The summed E-state index contributed by atoms with van der Waals surface area (Å²) < 4.78 is 0. The van der Waals surface area contributed by atoms with Crippen molar-refractivity contribution >= 4 is 16.7 Å². The Morgan fingerprint density at radius 2 is 1.88 bits per heavy atom. The summed E-state index contributed by atoms with van der Waals surface area (Å²) >= 11 is 0. The Hall–Kier alpha value is -1.91. The van der Waals surface area contributed by atoms with E-state index in [9.17, 15) is 9.90 Å². The van der Waals surface area contributed by atoms with Gasteiger partial charge in [0.2, 0.25) is 5.91 Å². The molecule has 1 heterocycles. The lowest BCUT2D eigenvalue weighted by atomic mass is 10.0. The quantitative estimate of drug-likeness (QED) is 0.842. The fourth-order valence-electron chi connectivity index (χ4n) is 3.69. The number of benzene rings is 2. The molecule has 1 amide bonds. The number of carbonyl (C=O) groups excluding carboxylic acids is 1. The predicted octanol–water partition coefficient (Wildman–Crippen LogP) is 3.04. The molecule has 3 rings (SSSR count). The Kier molecular flexibility index (Phi) is 6.05. The zero-order chi connectivity index (χ0) is 17.6. The van der Waals surface area contributed by atoms with E-state index in [4.69, 9.17) is 0 Å². The van der Waals surface area contributed by atoms with Gasteiger partial charge in [-0.25, -0.2) is 0 Å². The SMILES string of the molecule is CC(C(=O)N1CCCC1)N(CCCO)Cc1cccc2ccccc12. The van der Waals surface area contributed by atoms with Gasteiger partial charge < -0.3 is 10.0 Å². The van der Waals surface area contributed by atoms with E-state index in [1.54, 1.807) is 0 Å². The number of hydrogen-bond donors (Lipinski definition) is 1. The molecule has 0 aromatic heterocycles. The van der Waals surface area contributed by atoms with Crippen molar-refractivity contribution in [2.24, 2.45) is 0 Å². The summed E-state index contributed by atoms with van der Waals surface area (Å²) in [5.74, 6) is 0.218. The number of rotatable bonds is 7. The number of carbonyl (C=O) groups is 1. The summed E-state index contributed by atoms with van der Waals surface area (Å²) in [6.45, 7) is 5.36. The van der Waals surface area contributed by atoms with Crippen molar-refractivity contribution < 1.29 is 9.90 Å². The van der Waals surface area contributed by atoms with Gasteiger partial charge in [-0.05, 0) is 42.5 Å². The summed E-state index contributed by atoms with van der Waals surface area (Å²) in [6.07, 6.45) is 2.90. The molecule has 1 N–H and O–H groups in total. The van der Waals surface area contributed by atoms with Gasteiger partial charge in [-0.15, -0.1) is 0 Å². The van der Waals surface area contributed by atoms with Crippen LogP contribution in [0.15, 0.2) is 42.5 Å². The van der Waals surface area contributed by atoms with Crippen LogP contribution in [0, 0.1) is 0 Å². The number of aliphatic hydroxyl groups excluding tert-OH is 1. The van der Waals surface area contributed by atoms with Gasteiger partial charge in [0, 0.05) is 32.8 Å². The number of fused-ring (bicyclic) bond motifs is 1. The molecule has 4 heteroatoms. The van der Waals surface area contributed by atoms with E-state index in [0.29, 0.717) is 6.42 Å². The highest BCUT2D eigenvalue weighted by molar-refractivity contribution is 5.86. The first-order valence-electron chi connectivity index (χ1n) is 9.31. The summed E-state index contributed by atoms with van der Waals surface area (Å²) in [6, 6.07) is 14.5. The van der Waals surface area contributed by atoms with Crippen LogP contribution in [-0.2, 0) is 11.3 Å². The van der Waals surface area contributed by atoms with Gasteiger partial charge in [0.25, 0.3) is 0 Å². The Balaban J connectivity index is 1.81. The molecule has 0 aliphatic carbocycles. The monoisotopic (exact) mass is 340 g/mol. The van der Waals surface area contributed by atoms with Gasteiger partial charge in [0.05, 0.1) is 6.04 Å². The molecule has 2 aromatic carbocycles. The average molecular weight is 340 g/mol. The third-order valence-electron chi connectivity index (χ3n) is 5.18. The van der Waals surface area contributed by atoms with Gasteiger partial charge in [-0.3, -0.25) is 9.69 Å². The zero-order valence-electron chi connectivity index (χ0n) is 15.0. The van der Waals surface area contributed by atoms with E-state index < -0.39 is 0 Å². The highest BCUT2D eigenvalue weighted by Crippen LogP contribution is 2.22. The van der Waals surface area contributed by atoms with Crippen LogP contribution in [0.1, 0.15) is 31.7 Å². The first-order chi connectivity index (χ1) is 12.2. The summed E-state index contributed by atoms with van der Waals surface area (Å²) in [5, 5.41) is 11.7. The highest BCUT2D eigenvalue weighted by atomic mass is 16.3. The van der Waals surface area contributed by atoms with E-state index in [1.807, 2.05) is 11.8 Å². The Morgan fingerprint density at radius 3 is 2.64 bits per heavy atom. The predicted molar refractivity (Wildman–Crippen MR) is 101 cm³/mol. The first kappa shape index (κ1) is 17.9. The maximum atomic E-state index is 12.8. The van der Waals surface area contributed by atoms with Crippen molar-refractivity contribution in [1.82, 2.24) is 9.80 Å². The molecule has 2 aromatic rings. The molecule has 1 atom stereocenters. The standard InChI is InChI=1S/C21H28N2O2/c1-17(21(25)22-12-4-5-13-22)23(14-7-15-24)16-19-10-6-9-18-8-2-3-11-20(18)19/h2-3,6,8-11,17,24H,4-5,7,12-16H2,1H3.